The highest BCUT2D eigenvalue weighted by molar-refractivity contribution is 7.20. The van der Waals surface area contributed by atoms with E-state index >= 15 is 0 Å². The molecule has 164 valence electrons. The average molecular weight is 470 g/mol. The van der Waals surface area contributed by atoms with Crippen LogP contribution in [0.4, 0.5) is 10.8 Å². The number of hydrogen-bond donors (Lipinski definition) is 2. The zero-order valence-corrected chi connectivity index (χ0v) is 18.8. The Balaban J connectivity index is 1.44. The molecule has 10 heteroatoms. The normalized spacial score (nSPS) is 16.0. The monoisotopic (exact) mass is 469 g/mol. The number of hydrogen-bond acceptors (Lipinski definition) is 7. The Morgan fingerprint density at radius 1 is 1.34 bits per heavy atom. The Hall–Kier alpha value is -3.01. The summed E-state index contributed by atoms with van der Waals surface area (Å²) in [5.74, 6) is -0.215. The topological polar surface area (TPSA) is 97.6 Å². The molecule has 0 spiro atoms. The second kappa shape index (κ2) is 8.50. The number of aromatic nitrogens is 3. The number of rotatable bonds is 5. The number of fused-ring (bicyclic) bond motifs is 2. The van der Waals surface area contributed by atoms with Crippen LogP contribution in [0.3, 0.4) is 0 Å². The molecule has 2 aromatic carbocycles. The molecule has 0 aliphatic carbocycles. The largest absolute Gasteiger partial charge is 0.376 e. The molecule has 1 saturated heterocycles. The van der Waals surface area contributed by atoms with Gasteiger partial charge in [0.05, 0.1) is 17.0 Å². The van der Waals surface area contributed by atoms with Crippen LogP contribution in [0.25, 0.3) is 15.9 Å². The van der Waals surface area contributed by atoms with Crippen LogP contribution in [0.5, 0.6) is 0 Å². The third-order valence-corrected chi connectivity index (χ3v) is 6.72. The summed E-state index contributed by atoms with van der Waals surface area (Å²) < 4.78 is 6.81. The van der Waals surface area contributed by atoms with E-state index in [1.807, 2.05) is 25.1 Å². The van der Waals surface area contributed by atoms with Crippen molar-refractivity contribution in [3.8, 4) is 0 Å². The van der Waals surface area contributed by atoms with Crippen molar-refractivity contribution in [2.45, 2.75) is 25.9 Å². The van der Waals surface area contributed by atoms with Gasteiger partial charge >= 0.3 is 0 Å². The van der Waals surface area contributed by atoms with Crippen LogP contribution in [0, 0.1) is 6.92 Å². The van der Waals surface area contributed by atoms with Crippen molar-refractivity contribution >= 4 is 55.5 Å². The molecular formula is C22H20ClN5O3S. The minimum Gasteiger partial charge on any atom is -0.376 e. The van der Waals surface area contributed by atoms with E-state index in [9.17, 15) is 9.59 Å². The number of amides is 1. The highest BCUT2D eigenvalue weighted by Gasteiger charge is 2.18. The molecule has 8 nitrogen and oxygen atoms in total. The van der Waals surface area contributed by atoms with Crippen molar-refractivity contribution in [2.24, 2.45) is 0 Å². The molecule has 1 aliphatic rings. The summed E-state index contributed by atoms with van der Waals surface area (Å²) in [6, 6.07) is 10.4. The van der Waals surface area contributed by atoms with E-state index < -0.39 is 0 Å². The number of nitrogens with one attached hydrogen (secondary N) is 2. The van der Waals surface area contributed by atoms with Crippen LogP contribution < -0.4 is 16.2 Å². The lowest BCUT2D eigenvalue weighted by molar-refractivity contribution is 0.0858. The Morgan fingerprint density at radius 3 is 3.03 bits per heavy atom. The first kappa shape index (κ1) is 20.9. The highest BCUT2D eigenvalue weighted by atomic mass is 35.5. The first-order chi connectivity index (χ1) is 15.5. The van der Waals surface area contributed by atoms with Crippen molar-refractivity contribution in [3.05, 3.63) is 62.9 Å². The van der Waals surface area contributed by atoms with Crippen molar-refractivity contribution in [1.82, 2.24) is 19.9 Å². The van der Waals surface area contributed by atoms with Crippen LogP contribution in [0.1, 0.15) is 28.8 Å². The lowest BCUT2D eigenvalue weighted by Crippen LogP contribution is -2.31. The van der Waals surface area contributed by atoms with Crippen LogP contribution in [0.15, 0.2) is 41.2 Å². The predicted molar refractivity (Wildman–Crippen MR) is 125 cm³/mol. The molecule has 1 atom stereocenters. The van der Waals surface area contributed by atoms with Gasteiger partial charge in [-0.15, -0.1) is 5.10 Å². The van der Waals surface area contributed by atoms with Crippen molar-refractivity contribution < 1.29 is 9.53 Å². The standard InChI is InChI=1S/C22H20ClN5O3S/c1-12-16(23)5-2-6-17(12)25-21-27-28-20(30)15-8-7-13(10-18(15)26-22(28)32-21)19(29)24-11-14-4-3-9-31-14/h2,5-8,10,14H,3-4,9,11H2,1H3,(H,24,29)(H,25,27)/t14-/m0/s1. The molecule has 1 amide bonds. The van der Waals surface area contributed by atoms with Gasteiger partial charge in [0.15, 0.2) is 0 Å². The first-order valence-electron chi connectivity index (χ1n) is 10.2. The summed E-state index contributed by atoms with van der Waals surface area (Å²) in [7, 11) is 0. The Bertz CT molecular complexity index is 1390. The van der Waals surface area contributed by atoms with E-state index in [0.717, 1.165) is 30.7 Å². The molecular weight excluding hydrogens is 450 g/mol. The second-order valence-corrected chi connectivity index (χ2v) is 9.00. The summed E-state index contributed by atoms with van der Waals surface area (Å²) in [5.41, 5.74) is 2.30. The molecule has 1 fully saturated rings. The fourth-order valence-corrected chi connectivity index (χ4v) is 4.66. The molecule has 32 heavy (non-hydrogen) atoms. The highest BCUT2D eigenvalue weighted by Crippen LogP contribution is 2.28. The lowest BCUT2D eigenvalue weighted by Gasteiger charge is -2.11. The van der Waals surface area contributed by atoms with Gasteiger partial charge in [-0.2, -0.15) is 4.52 Å². The Kier molecular flexibility index (Phi) is 5.54. The van der Waals surface area contributed by atoms with Gasteiger partial charge in [0, 0.05) is 29.4 Å². The van der Waals surface area contributed by atoms with Gasteiger partial charge in [-0.3, -0.25) is 9.59 Å². The van der Waals surface area contributed by atoms with Gasteiger partial charge in [0.1, 0.15) is 0 Å². The van der Waals surface area contributed by atoms with E-state index in [4.69, 9.17) is 16.3 Å². The minimum absolute atomic E-state index is 0.0630. The molecule has 2 N–H and O–H groups in total. The molecule has 0 bridgehead atoms. The van der Waals surface area contributed by atoms with Gasteiger partial charge in [0.25, 0.3) is 11.5 Å². The van der Waals surface area contributed by atoms with Gasteiger partial charge in [0.2, 0.25) is 10.1 Å². The van der Waals surface area contributed by atoms with Gasteiger partial charge in [-0.1, -0.05) is 29.0 Å². The summed E-state index contributed by atoms with van der Waals surface area (Å²) in [6.07, 6.45) is 2.03. The summed E-state index contributed by atoms with van der Waals surface area (Å²) in [5, 5.41) is 12.0. The van der Waals surface area contributed by atoms with E-state index in [2.05, 4.69) is 20.7 Å². The maximum Gasteiger partial charge on any atom is 0.283 e. The van der Waals surface area contributed by atoms with E-state index in [-0.39, 0.29) is 17.6 Å². The summed E-state index contributed by atoms with van der Waals surface area (Å²) in [4.78, 5) is 30.5. The molecule has 0 saturated carbocycles. The van der Waals surface area contributed by atoms with Crippen molar-refractivity contribution in [1.29, 1.82) is 0 Å². The smallest absolute Gasteiger partial charge is 0.283 e. The molecule has 3 heterocycles. The van der Waals surface area contributed by atoms with E-state index in [0.29, 0.717) is 38.1 Å². The summed E-state index contributed by atoms with van der Waals surface area (Å²) >= 11 is 7.44. The fourth-order valence-electron chi connectivity index (χ4n) is 3.67. The molecule has 5 rings (SSSR count). The number of halogens is 1. The van der Waals surface area contributed by atoms with Gasteiger partial charge in [-0.05, 0) is 55.7 Å². The van der Waals surface area contributed by atoms with E-state index in [1.165, 1.54) is 15.9 Å². The first-order valence-corrected chi connectivity index (χ1v) is 11.4. The third-order valence-electron chi connectivity index (χ3n) is 5.48. The van der Waals surface area contributed by atoms with E-state index in [1.54, 1.807) is 18.2 Å². The Morgan fingerprint density at radius 2 is 2.22 bits per heavy atom. The number of benzene rings is 2. The summed E-state index contributed by atoms with van der Waals surface area (Å²) in [6.45, 7) is 3.11. The number of ether oxygens (including phenoxy) is 1. The van der Waals surface area contributed by atoms with Crippen LogP contribution in [-0.2, 0) is 4.74 Å². The molecule has 0 unspecified atom stereocenters. The quantitative estimate of drug-likeness (QED) is 0.459. The predicted octanol–water partition coefficient (Wildman–Crippen LogP) is 3.92. The lowest BCUT2D eigenvalue weighted by atomic mass is 10.1. The van der Waals surface area contributed by atoms with Crippen molar-refractivity contribution in [3.63, 3.8) is 0 Å². The van der Waals surface area contributed by atoms with Crippen LogP contribution in [0.2, 0.25) is 5.02 Å². The molecule has 2 aromatic heterocycles. The minimum atomic E-state index is -0.288. The molecule has 1 aliphatic heterocycles. The zero-order chi connectivity index (χ0) is 22.2. The van der Waals surface area contributed by atoms with Crippen LogP contribution in [-0.4, -0.2) is 39.8 Å². The van der Waals surface area contributed by atoms with Gasteiger partial charge < -0.3 is 15.4 Å². The maximum atomic E-state index is 13.0. The average Bonchev–Trinajstić information content (AvgIpc) is 3.45. The number of carbonyl (C=O) groups excluding carboxylic acids is 1. The molecule has 4 aromatic rings. The Labute approximate surface area is 192 Å². The van der Waals surface area contributed by atoms with Crippen LogP contribution >= 0.6 is 22.9 Å². The number of nitrogens with zero attached hydrogens (tertiary/aromatic N) is 3. The molecule has 0 radical (unpaired) electrons. The fraction of sp³-hybridized carbons (Fsp3) is 0.273. The zero-order valence-electron chi connectivity index (χ0n) is 17.2. The van der Waals surface area contributed by atoms with Crippen molar-refractivity contribution in [2.75, 3.05) is 18.5 Å². The third kappa shape index (κ3) is 3.94. The SMILES string of the molecule is Cc1c(Cl)cccc1Nc1nn2c(=O)c3ccc(C(=O)NC[C@@H]4CCCO4)cc3nc2s1. The van der Waals surface area contributed by atoms with Gasteiger partial charge in [-0.25, -0.2) is 4.98 Å². The second-order valence-electron chi connectivity index (χ2n) is 7.63. The maximum absolute atomic E-state index is 13.0. The number of carbonyl (C=O) groups is 1. The number of anilines is 2.